The van der Waals surface area contributed by atoms with Gasteiger partial charge in [-0.3, -0.25) is 4.79 Å². The molecule has 0 saturated carbocycles. The minimum absolute atomic E-state index is 0.278. The molecule has 0 aliphatic heterocycles. The summed E-state index contributed by atoms with van der Waals surface area (Å²) in [6, 6.07) is 0. The number of phosphoric acid groups is 3. The second kappa shape index (κ2) is 12.5. The molecule has 12 N–H and O–H groups in total. The van der Waals surface area contributed by atoms with Gasteiger partial charge in [0.15, 0.2) is 0 Å². The van der Waals surface area contributed by atoms with Gasteiger partial charge in [0.1, 0.15) is 0 Å². The Balaban J connectivity index is -0.0000000853. The number of carboxylic acids is 1. The normalized spacial score (nSPS) is 10.7. The summed E-state index contributed by atoms with van der Waals surface area (Å²) < 4.78 is 26.6. The van der Waals surface area contributed by atoms with E-state index in [9.17, 15) is 4.79 Å². The first-order valence-corrected chi connectivity index (χ1v) is 8.23. The van der Waals surface area contributed by atoms with Gasteiger partial charge in [-0.15, -0.1) is 0 Å². The lowest BCUT2D eigenvalue weighted by Crippen LogP contribution is -2.10. The maximum Gasteiger partial charge on any atom is 0.466 e. The van der Waals surface area contributed by atoms with E-state index in [4.69, 9.17) is 62.8 Å². The Labute approximate surface area is 110 Å². The van der Waals surface area contributed by atoms with Crippen LogP contribution in [0.5, 0.6) is 0 Å². The van der Waals surface area contributed by atoms with Gasteiger partial charge in [-0.1, -0.05) is 0 Å². The van der Waals surface area contributed by atoms with Crippen LogP contribution in [0.4, 0.5) is 0 Å². The molecule has 0 rings (SSSR count). The molecular weight excluding hydrogens is 355 g/mol. The van der Waals surface area contributed by atoms with Crippen molar-refractivity contribution in [3.63, 3.8) is 0 Å². The highest BCUT2D eigenvalue weighted by Gasteiger charge is 2.01. The molecule has 0 saturated heterocycles. The molecular formula is C2H14NO14P3. The van der Waals surface area contributed by atoms with E-state index in [1.165, 1.54) is 0 Å². The van der Waals surface area contributed by atoms with Crippen LogP contribution in [-0.2, 0) is 18.5 Å². The maximum absolute atomic E-state index is 9.24. The first kappa shape index (κ1) is 28.0. The minimum Gasteiger partial charge on any atom is -0.480 e. The lowest BCUT2D eigenvalue weighted by Gasteiger charge is -1.82. The summed E-state index contributed by atoms with van der Waals surface area (Å²) in [4.78, 5) is 73.9. The third-order valence-electron chi connectivity index (χ3n) is 0.175. The van der Waals surface area contributed by atoms with E-state index in [0.717, 1.165) is 0 Å². The van der Waals surface area contributed by atoms with E-state index in [1.807, 2.05) is 0 Å². The number of aliphatic carboxylic acids is 1. The Morgan fingerprint density at radius 2 is 0.750 bits per heavy atom. The van der Waals surface area contributed by atoms with Crippen LogP contribution in [0.15, 0.2) is 0 Å². The van der Waals surface area contributed by atoms with E-state index in [1.54, 1.807) is 0 Å². The predicted molar refractivity (Wildman–Crippen MR) is 59.5 cm³/mol. The maximum atomic E-state index is 9.24. The van der Waals surface area contributed by atoms with Crippen molar-refractivity contribution in [2.45, 2.75) is 0 Å². The molecule has 20 heavy (non-hydrogen) atoms. The van der Waals surface area contributed by atoms with E-state index in [2.05, 4.69) is 5.73 Å². The standard InChI is InChI=1S/C2H5NO2.3H3O4P/c3-1-2(4)5;3*1-5(2,3)4/h1,3H2,(H,4,5);3*(H3,1,2,3,4). The lowest BCUT2D eigenvalue weighted by molar-refractivity contribution is -0.135. The van der Waals surface area contributed by atoms with Gasteiger partial charge >= 0.3 is 29.4 Å². The van der Waals surface area contributed by atoms with Crippen molar-refractivity contribution < 1.29 is 67.6 Å². The minimum atomic E-state index is -4.64. The fourth-order valence-corrected chi connectivity index (χ4v) is 0. The molecule has 0 aliphatic rings. The van der Waals surface area contributed by atoms with Crippen LogP contribution in [0, 0.1) is 0 Å². The van der Waals surface area contributed by atoms with Gasteiger partial charge < -0.3 is 54.9 Å². The molecule has 18 heteroatoms. The molecule has 0 spiro atoms. The van der Waals surface area contributed by atoms with Crippen molar-refractivity contribution in [3.05, 3.63) is 0 Å². The predicted octanol–water partition coefficient (Wildman–Crippen LogP) is -3.76. The molecule has 0 radical (unpaired) electrons. The van der Waals surface area contributed by atoms with E-state index in [0.29, 0.717) is 0 Å². The van der Waals surface area contributed by atoms with Crippen molar-refractivity contribution in [1.29, 1.82) is 0 Å². The first-order chi connectivity index (χ1) is 8.27. The molecule has 0 aromatic rings. The summed E-state index contributed by atoms with van der Waals surface area (Å²) in [6.07, 6.45) is 0. The zero-order valence-corrected chi connectivity index (χ0v) is 11.9. The van der Waals surface area contributed by atoms with Crippen LogP contribution in [0.25, 0.3) is 0 Å². The fraction of sp³-hybridized carbons (Fsp3) is 0.500. The summed E-state index contributed by atoms with van der Waals surface area (Å²) in [5.74, 6) is -0.968. The monoisotopic (exact) mass is 369 g/mol. The SMILES string of the molecule is NCC(=O)O.O=P(O)(O)O.O=P(O)(O)O.O=P(O)(O)O. The van der Waals surface area contributed by atoms with Gasteiger partial charge in [-0.2, -0.15) is 0 Å². The van der Waals surface area contributed by atoms with Crippen molar-refractivity contribution >= 4 is 29.4 Å². The third-order valence-corrected chi connectivity index (χ3v) is 0.175. The van der Waals surface area contributed by atoms with E-state index < -0.39 is 29.4 Å². The topological polar surface area (TPSA) is 297 Å². The van der Waals surface area contributed by atoms with Crippen LogP contribution >= 0.6 is 23.5 Å². The van der Waals surface area contributed by atoms with Crippen LogP contribution in [0.3, 0.4) is 0 Å². The number of rotatable bonds is 1. The third kappa shape index (κ3) is 1610. The van der Waals surface area contributed by atoms with Crippen molar-refractivity contribution in [2.24, 2.45) is 5.73 Å². The van der Waals surface area contributed by atoms with E-state index >= 15 is 0 Å². The molecule has 0 atom stereocenters. The quantitative estimate of drug-likeness (QED) is 0.198. The van der Waals surface area contributed by atoms with Crippen LogP contribution in [-0.4, -0.2) is 61.7 Å². The Kier molecular flexibility index (Phi) is 17.5. The summed E-state index contributed by atoms with van der Waals surface area (Å²) in [6.45, 7) is -0.278. The van der Waals surface area contributed by atoms with E-state index in [-0.39, 0.29) is 6.54 Å². The fourth-order valence-electron chi connectivity index (χ4n) is 0. The molecule has 126 valence electrons. The number of carboxylic acid groups (broad SMARTS) is 1. The van der Waals surface area contributed by atoms with Gasteiger partial charge in [-0.05, 0) is 0 Å². The number of hydrogen-bond donors (Lipinski definition) is 11. The van der Waals surface area contributed by atoms with Gasteiger partial charge in [0.25, 0.3) is 0 Å². The highest BCUT2D eigenvalue weighted by atomic mass is 31.2. The highest BCUT2D eigenvalue weighted by molar-refractivity contribution is 7.45. The zero-order chi connectivity index (χ0) is 17.8. The van der Waals surface area contributed by atoms with Gasteiger partial charge in [-0.25, -0.2) is 13.7 Å². The zero-order valence-electron chi connectivity index (χ0n) is 9.23. The highest BCUT2D eigenvalue weighted by Crippen LogP contribution is 2.26. The molecule has 0 aliphatic carbocycles. The van der Waals surface area contributed by atoms with Crippen molar-refractivity contribution in [1.82, 2.24) is 0 Å². The lowest BCUT2D eigenvalue weighted by atomic mass is 10.7. The smallest absolute Gasteiger partial charge is 0.466 e. The summed E-state index contributed by atoms with van der Waals surface area (Å²) in [5.41, 5.74) is 4.57. The second-order valence-corrected chi connectivity index (χ2v) is 5.22. The summed E-state index contributed by atoms with van der Waals surface area (Å²) in [5, 5.41) is 7.60. The largest absolute Gasteiger partial charge is 0.480 e. The Morgan fingerprint density at radius 1 is 0.700 bits per heavy atom. The molecule has 0 bridgehead atoms. The average molecular weight is 369 g/mol. The van der Waals surface area contributed by atoms with Crippen LogP contribution in [0.1, 0.15) is 0 Å². The van der Waals surface area contributed by atoms with Crippen molar-refractivity contribution in [2.75, 3.05) is 6.54 Å². The van der Waals surface area contributed by atoms with Crippen LogP contribution < -0.4 is 5.73 Å². The first-order valence-electron chi connectivity index (χ1n) is 3.54. The Morgan fingerprint density at radius 3 is 0.750 bits per heavy atom. The number of carbonyl (C=O) groups is 1. The number of hydrogen-bond acceptors (Lipinski definition) is 5. The van der Waals surface area contributed by atoms with Crippen molar-refractivity contribution in [3.8, 4) is 0 Å². The molecule has 0 fully saturated rings. The van der Waals surface area contributed by atoms with Gasteiger partial charge in [0.2, 0.25) is 0 Å². The number of nitrogens with two attached hydrogens (primary N) is 1. The molecule has 0 amide bonds. The Bertz CT molecular complexity index is 300. The average Bonchev–Trinajstić information content (AvgIpc) is 1.93. The van der Waals surface area contributed by atoms with Crippen LogP contribution in [0.2, 0.25) is 0 Å². The molecule has 0 unspecified atom stereocenters. The molecule has 15 nitrogen and oxygen atoms in total. The summed E-state index contributed by atoms with van der Waals surface area (Å²) in [7, 11) is -13.9. The van der Waals surface area contributed by atoms with Gasteiger partial charge in [0, 0.05) is 0 Å². The van der Waals surface area contributed by atoms with Gasteiger partial charge in [0.05, 0.1) is 6.54 Å². The molecule has 0 aromatic carbocycles. The Hall–Kier alpha value is -0.240. The second-order valence-electron chi connectivity index (χ2n) is 2.14. The molecule has 0 heterocycles. The molecule has 0 aromatic heterocycles. The summed E-state index contributed by atoms with van der Waals surface area (Å²) >= 11 is 0.